The van der Waals surface area contributed by atoms with Crippen molar-refractivity contribution >= 4 is 0 Å². The number of hydrogen-bond acceptors (Lipinski definition) is 1. The highest BCUT2D eigenvalue weighted by Crippen LogP contribution is 2.55. The lowest BCUT2D eigenvalue weighted by molar-refractivity contribution is 0.0799. The zero-order valence-corrected chi connectivity index (χ0v) is 8.15. The Balaban J connectivity index is 2.48. The van der Waals surface area contributed by atoms with Gasteiger partial charge in [-0.15, -0.1) is 0 Å². The van der Waals surface area contributed by atoms with Gasteiger partial charge in [-0.25, -0.2) is 0 Å². The van der Waals surface area contributed by atoms with Gasteiger partial charge in [-0.05, 0) is 37.0 Å². The summed E-state index contributed by atoms with van der Waals surface area (Å²) in [6.07, 6.45) is 3.50. The predicted octanol–water partition coefficient (Wildman–Crippen LogP) is 2.58. The quantitative estimate of drug-likeness (QED) is 0.651. The summed E-state index contributed by atoms with van der Waals surface area (Å²) in [6.45, 7) is 8.67. The summed E-state index contributed by atoms with van der Waals surface area (Å²) in [7, 11) is 0. The normalized spacial score (nSPS) is 24.8. The molecule has 1 aliphatic carbocycles. The van der Waals surface area contributed by atoms with Crippen molar-refractivity contribution in [1.29, 1.82) is 0 Å². The van der Waals surface area contributed by atoms with E-state index in [0.29, 0.717) is 5.41 Å². The lowest BCUT2D eigenvalue weighted by atomic mass is 9.80. The fourth-order valence-corrected chi connectivity index (χ4v) is 1.96. The van der Waals surface area contributed by atoms with Crippen LogP contribution in [0.3, 0.4) is 0 Å². The third kappa shape index (κ3) is 2.19. The van der Waals surface area contributed by atoms with Gasteiger partial charge in [-0.1, -0.05) is 20.8 Å². The Morgan fingerprint density at radius 3 is 1.91 bits per heavy atom. The predicted molar refractivity (Wildman–Crippen MR) is 47.4 cm³/mol. The van der Waals surface area contributed by atoms with E-state index in [9.17, 15) is 5.11 Å². The SMILES string of the molecule is CC(O)C1(CC(C)(C)C)CC1. The van der Waals surface area contributed by atoms with Crippen LogP contribution in [0.1, 0.15) is 47.0 Å². The average Bonchev–Trinajstić information content (AvgIpc) is 2.43. The number of aliphatic hydroxyl groups is 1. The monoisotopic (exact) mass is 156 g/mol. The van der Waals surface area contributed by atoms with Gasteiger partial charge in [-0.2, -0.15) is 0 Å². The highest BCUT2D eigenvalue weighted by atomic mass is 16.3. The Labute approximate surface area is 69.8 Å². The van der Waals surface area contributed by atoms with Crippen molar-refractivity contribution in [1.82, 2.24) is 0 Å². The first kappa shape index (κ1) is 9.05. The van der Waals surface area contributed by atoms with Crippen LogP contribution < -0.4 is 0 Å². The van der Waals surface area contributed by atoms with E-state index >= 15 is 0 Å². The van der Waals surface area contributed by atoms with Gasteiger partial charge >= 0.3 is 0 Å². The van der Waals surface area contributed by atoms with Crippen molar-refractivity contribution in [2.24, 2.45) is 10.8 Å². The molecule has 1 atom stereocenters. The molecule has 0 amide bonds. The molecule has 0 aromatic heterocycles. The van der Waals surface area contributed by atoms with E-state index in [1.807, 2.05) is 6.92 Å². The van der Waals surface area contributed by atoms with Gasteiger partial charge in [0.25, 0.3) is 0 Å². The lowest BCUT2D eigenvalue weighted by Gasteiger charge is -2.27. The molecule has 0 aromatic carbocycles. The largest absolute Gasteiger partial charge is 0.393 e. The molecule has 0 spiro atoms. The maximum absolute atomic E-state index is 9.51. The van der Waals surface area contributed by atoms with Crippen molar-refractivity contribution in [2.45, 2.75) is 53.1 Å². The molecule has 11 heavy (non-hydrogen) atoms. The highest BCUT2D eigenvalue weighted by Gasteiger charge is 2.48. The molecule has 0 bridgehead atoms. The number of rotatable bonds is 2. The first-order valence-electron chi connectivity index (χ1n) is 4.54. The standard InChI is InChI=1S/C10H20O/c1-8(11)10(5-6-10)7-9(2,3)4/h8,11H,5-7H2,1-4H3. The van der Waals surface area contributed by atoms with Gasteiger partial charge in [0.05, 0.1) is 6.10 Å². The zero-order valence-electron chi connectivity index (χ0n) is 8.15. The minimum absolute atomic E-state index is 0.110. The van der Waals surface area contributed by atoms with Gasteiger partial charge in [0.15, 0.2) is 0 Å². The van der Waals surface area contributed by atoms with Crippen LogP contribution in [0, 0.1) is 10.8 Å². The molecule has 66 valence electrons. The molecular weight excluding hydrogens is 136 g/mol. The van der Waals surface area contributed by atoms with Crippen molar-refractivity contribution in [3.63, 3.8) is 0 Å². The minimum atomic E-state index is -0.110. The first-order valence-corrected chi connectivity index (χ1v) is 4.54. The molecule has 1 rings (SSSR count). The molecule has 0 aromatic rings. The van der Waals surface area contributed by atoms with Gasteiger partial charge in [0, 0.05) is 0 Å². The van der Waals surface area contributed by atoms with Gasteiger partial charge in [0.2, 0.25) is 0 Å². The number of hydrogen-bond donors (Lipinski definition) is 1. The van der Waals surface area contributed by atoms with Crippen LogP contribution in [0.4, 0.5) is 0 Å². The van der Waals surface area contributed by atoms with Gasteiger partial charge in [0.1, 0.15) is 0 Å². The summed E-state index contributed by atoms with van der Waals surface area (Å²) in [5.41, 5.74) is 0.658. The van der Waals surface area contributed by atoms with E-state index in [-0.39, 0.29) is 11.5 Å². The van der Waals surface area contributed by atoms with Crippen LogP contribution in [0.2, 0.25) is 0 Å². The molecule has 1 nitrogen and oxygen atoms in total. The van der Waals surface area contributed by atoms with E-state index in [0.717, 1.165) is 6.42 Å². The Morgan fingerprint density at radius 2 is 1.82 bits per heavy atom. The summed E-state index contributed by atoms with van der Waals surface area (Å²) < 4.78 is 0. The molecule has 1 saturated carbocycles. The zero-order chi connectivity index (χ0) is 8.70. The van der Waals surface area contributed by atoms with Crippen LogP contribution in [0.25, 0.3) is 0 Å². The van der Waals surface area contributed by atoms with Crippen molar-refractivity contribution in [2.75, 3.05) is 0 Å². The smallest absolute Gasteiger partial charge is 0.0568 e. The summed E-state index contributed by atoms with van der Waals surface area (Å²) in [4.78, 5) is 0. The topological polar surface area (TPSA) is 20.2 Å². The third-order valence-corrected chi connectivity index (χ3v) is 2.66. The first-order chi connectivity index (χ1) is 4.86. The summed E-state index contributed by atoms with van der Waals surface area (Å²) in [5.74, 6) is 0. The average molecular weight is 156 g/mol. The van der Waals surface area contributed by atoms with Crippen LogP contribution in [-0.4, -0.2) is 11.2 Å². The van der Waals surface area contributed by atoms with E-state index in [4.69, 9.17) is 0 Å². The minimum Gasteiger partial charge on any atom is -0.393 e. The summed E-state index contributed by atoms with van der Waals surface area (Å²) in [5, 5.41) is 9.51. The van der Waals surface area contributed by atoms with E-state index in [1.54, 1.807) is 0 Å². The molecule has 1 unspecified atom stereocenters. The number of aliphatic hydroxyl groups excluding tert-OH is 1. The Morgan fingerprint density at radius 1 is 1.36 bits per heavy atom. The molecule has 1 N–H and O–H groups in total. The van der Waals surface area contributed by atoms with Gasteiger partial charge in [-0.3, -0.25) is 0 Å². The summed E-state index contributed by atoms with van der Waals surface area (Å²) in [6, 6.07) is 0. The Bertz CT molecular complexity index is 137. The maximum Gasteiger partial charge on any atom is 0.0568 e. The fraction of sp³-hybridized carbons (Fsp3) is 1.00. The van der Waals surface area contributed by atoms with Crippen LogP contribution in [0.5, 0.6) is 0 Å². The van der Waals surface area contributed by atoms with Gasteiger partial charge < -0.3 is 5.11 Å². The molecule has 1 heteroatoms. The van der Waals surface area contributed by atoms with E-state index < -0.39 is 0 Å². The van der Waals surface area contributed by atoms with Crippen molar-refractivity contribution < 1.29 is 5.11 Å². The third-order valence-electron chi connectivity index (χ3n) is 2.66. The summed E-state index contributed by atoms with van der Waals surface area (Å²) >= 11 is 0. The second-order valence-electron chi connectivity index (χ2n) is 5.28. The van der Waals surface area contributed by atoms with Crippen LogP contribution >= 0.6 is 0 Å². The maximum atomic E-state index is 9.51. The molecule has 1 aliphatic rings. The second kappa shape index (κ2) is 2.48. The highest BCUT2D eigenvalue weighted by molar-refractivity contribution is 4.99. The lowest BCUT2D eigenvalue weighted by Crippen LogP contribution is -2.24. The van der Waals surface area contributed by atoms with E-state index in [2.05, 4.69) is 20.8 Å². The molecular formula is C10H20O. The second-order valence-corrected chi connectivity index (χ2v) is 5.28. The molecule has 1 fully saturated rings. The molecule has 0 heterocycles. The Kier molecular flexibility index (Phi) is 2.04. The van der Waals surface area contributed by atoms with Crippen molar-refractivity contribution in [3.8, 4) is 0 Å². The molecule has 0 radical (unpaired) electrons. The fourth-order valence-electron chi connectivity index (χ4n) is 1.96. The van der Waals surface area contributed by atoms with Crippen LogP contribution in [0.15, 0.2) is 0 Å². The molecule has 0 saturated heterocycles. The molecule has 0 aliphatic heterocycles. The van der Waals surface area contributed by atoms with E-state index in [1.165, 1.54) is 12.8 Å². The van der Waals surface area contributed by atoms with Crippen LogP contribution in [-0.2, 0) is 0 Å². The Hall–Kier alpha value is -0.0400. The van der Waals surface area contributed by atoms with Crippen molar-refractivity contribution in [3.05, 3.63) is 0 Å².